The SMILES string of the molecule is CSCC[C@H]1NC(=O)C(CC(N)=O)NC(=O)[C@H](C)NC(=O)C(CO)NC(=O)C(N)CSC1C(=O)O. The van der Waals surface area contributed by atoms with Gasteiger partial charge < -0.3 is 42.9 Å². The predicted octanol–water partition coefficient (Wildman–Crippen LogP) is -3.91. The minimum atomic E-state index is -1.43. The number of thioether (sulfide) groups is 2. The fourth-order valence-electron chi connectivity index (χ4n) is 3.03. The molecular formula is C19H32N6O8S2. The van der Waals surface area contributed by atoms with Crippen molar-refractivity contribution in [3.05, 3.63) is 0 Å². The number of aliphatic hydroxyl groups excluding tert-OH is 1. The topological polar surface area (TPSA) is 243 Å². The highest BCUT2D eigenvalue weighted by atomic mass is 32.2. The quantitative estimate of drug-likeness (QED) is 0.156. The van der Waals surface area contributed by atoms with Crippen molar-refractivity contribution >= 4 is 59.0 Å². The van der Waals surface area contributed by atoms with Gasteiger partial charge in [0.2, 0.25) is 29.5 Å². The average Bonchev–Trinajstić information content (AvgIpc) is 2.78. The van der Waals surface area contributed by atoms with Gasteiger partial charge in [-0.15, -0.1) is 11.8 Å². The third-order valence-corrected chi connectivity index (χ3v) is 7.05. The van der Waals surface area contributed by atoms with Crippen LogP contribution in [0.15, 0.2) is 0 Å². The first kappa shape index (κ1) is 30.5. The van der Waals surface area contributed by atoms with Gasteiger partial charge in [-0.2, -0.15) is 11.8 Å². The molecule has 16 heteroatoms. The van der Waals surface area contributed by atoms with Crippen LogP contribution < -0.4 is 32.7 Å². The van der Waals surface area contributed by atoms with Crippen LogP contribution in [0.25, 0.3) is 0 Å². The van der Waals surface area contributed by atoms with Crippen LogP contribution in [0.2, 0.25) is 0 Å². The molecule has 4 unspecified atom stereocenters. The summed E-state index contributed by atoms with van der Waals surface area (Å²) in [4.78, 5) is 73.9. The maximum atomic E-state index is 13.0. The highest BCUT2D eigenvalue weighted by Crippen LogP contribution is 2.20. The molecule has 0 aromatic rings. The third kappa shape index (κ3) is 9.91. The number of hydrogen-bond acceptors (Lipinski definition) is 10. The molecule has 1 saturated heterocycles. The zero-order valence-electron chi connectivity index (χ0n) is 19.3. The molecule has 0 aromatic heterocycles. The predicted molar refractivity (Wildman–Crippen MR) is 129 cm³/mol. The summed E-state index contributed by atoms with van der Waals surface area (Å²) in [6.07, 6.45) is 1.46. The second-order valence-corrected chi connectivity index (χ2v) is 9.96. The fraction of sp³-hybridized carbons (Fsp3) is 0.684. The number of carboxylic acids is 1. The van der Waals surface area contributed by atoms with Gasteiger partial charge in [-0.1, -0.05) is 0 Å². The smallest absolute Gasteiger partial charge is 0.318 e. The van der Waals surface area contributed by atoms with Crippen LogP contribution in [0.3, 0.4) is 0 Å². The van der Waals surface area contributed by atoms with Gasteiger partial charge in [0.25, 0.3) is 0 Å². The van der Waals surface area contributed by atoms with E-state index in [0.717, 1.165) is 11.8 Å². The summed E-state index contributed by atoms with van der Waals surface area (Å²) in [7, 11) is 0. The number of carbonyl (C=O) groups is 6. The normalized spacial score (nSPS) is 29.4. The number of primary amides is 1. The Kier molecular flexibility index (Phi) is 12.8. The van der Waals surface area contributed by atoms with Gasteiger partial charge in [0.05, 0.1) is 25.1 Å². The molecule has 0 saturated carbocycles. The Morgan fingerprint density at radius 2 is 1.63 bits per heavy atom. The summed E-state index contributed by atoms with van der Waals surface area (Å²) in [5.41, 5.74) is 11.1. The lowest BCUT2D eigenvalue weighted by Gasteiger charge is -2.29. The van der Waals surface area contributed by atoms with E-state index >= 15 is 0 Å². The Hall–Kier alpha value is -2.56. The molecule has 10 N–H and O–H groups in total. The lowest BCUT2D eigenvalue weighted by Crippen LogP contribution is -2.60. The Morgan fingerprint density at radius 1 is 1.03 bits per heavy atom. The fourth-order valence-corrected chi connectivity index (χ4v) is 4.66. The van der Waals surface area contributed by atoms with Crippen molar-refractivity contribution in [2.24, 2.45) is 11.5 Å². The van der Waals surface area contributed by atoms with E-state index in [9.17, 15) is 39.0 Å². The highest BCUT2D eigenvalue weighted by Gasteiger charge is 2.35. The van der Waals surface area contributed by atoms with Gasteiger partial charge in [0.15, 0.2) is 0 Å². The van der Waals surface area contributed by atoms with E-state index < -0.39 is 84.0 Å². The highest BCUT2D eigenvalue weighted by molar-refractivity contribution is 8.00. The van der Waals surface area contributed by atoms with Gasteiger partial charge in [-0.05, 0) is 25.4 Å². The Bertz CT molecular complexity index is 816. The summed E-state index contributed by atoms with van der Waals surface area (Å²) in [6.45, 7) is 0.489. The number of carbonyl (C=O) groups excluding carboxylic acids is 5. The molecule has 1 rings (SSSR count). The van der Waals surface area contributed by atoms with Crippen molar-refractivity contribution in [1.29, 1.82) is 0 Å². The van der Waals surface area contributed by atoms with E-state index in [0.29, 0.717) is 5.75 Å². The van der Waals surface area contributed by atoms with Crippen molar-refractivity contribution in [3.8, 4) is 0 Å². The summed E-state index contributed by atoms with van der Waals surface area (Å²) in [5, 5.41) is 27.5. The van der Waals surface area contributed by atoms with Gasteiger partial charge in [0.1, 0.15) is 23.4 Å². The minimum absolute atomic E-state index is 0.175. The van der Waals surface area contributed by atoms with Gasteiger partial charge in [0, 0.05) is 5.75 Å². The molecular weight excluding hydrogens is 504 g/mol. The van der Waals surface area contributed by atoms with E-state index in [4.69, 9.17) is 11.5 Å². The zero-order valence-corrected chi connectivity index (χ0v) is 20.9. The number of aliphatic hydroxyl groups is 1. The molecule has 198 valence electrons. The number of nitrogens with two attached hydrogens (primary N) is 2. The molecule has 1 aliphatic heterocycles. The zero-order chi connectivity index (χ0) is 26.7. The average molecular weight is 537 g/mol. The van der Waals surface area contributed by atoms with Crippen LogP contribution in [0.5, 0.6) is 0 Å². The van der Waals surface area contributed by atoms with Crippen molar-refractivity contribution in [3.63, 3.8) is 0 Å². The standard InChI is InChI=1S/C19H32N6O8S2/c1-8-15(28)24-11(5-13(21)27)17(30)23-10(3-4-34-2)14(19(32)33)35-7-9(20)16(29)25-12(6-26)18(31)22-8/h8-12,14,26H,3-7,20H2,1-2H3,(H2,21,27)(H,22,31)(H,23,30)(H,24,28)(H,25,29)(H,32,33)/t8-,9?,10+,11?,12?,14?/m0/s1. The van der Waals surface area contributed by atoms with Gasteiger partial charge in [-0.3, -0.25) is 28.8 Å². The molecule has 14 nitrogen and oxygen atoms in total. The lowest BCUT2D eigenvalue weighted by atomic mass is 10.1. The third-order valence-electron chi connectivity index (χ3n) is 4.97. The van der Waals surface area contributed by atoms with E-state index in [1.807, 2.05) is 0 Å². The van der Waals surface area contributed by atoms with Crippen LogP contribution in [0.4, 0.5) is 0 Å². The number of aliphatic carboxylic acids is 1. The molecule has 1 aliphatic rings. The molecule has 35 heavy (non-hydrogen) atoms. The number of rotatable bonds is 7. The van der Waals surface area contributed by atoms with Gasteiger partial charge in [-0.25, -0.2) is 0 Å². The molecule has 0 aliphatic carbocycles. The Labute approximate surface area is 210 Å². The van der Waals surface area contributed by atoms with Crippen LogP contribution >= 0.6 is 23.5 Å². The molecule has 6 atom stereocenters. The number of hydrogen-bond donors (Lipinski definition) is 8. The summed E-state index contributed by atoms with van der Waals surface area (Å²) in [6, 6.07) is -6.27. The second-order valence-electron chi connectivity index (χ2n) is 7.80. The molecule has 1 heterocycles. The minimum Gasteiger partial charge on any atom is -0.480 e. The van der Waals surface area contributed by atoms with Crippen molar-refractivity contribution in [2.75, 3.05) is 24.4 Å². The number of carboxylic acid groups (broad SMARTS) is 1. The molecule has 0 bridgehead atoms. The second kappa shape index (κ2) is 14.8. The Morgan fingerprint density at radius 3 is 2.17 bits per heavy atom. The van der Waals surface area contributed by atoms with Crippen LogP contribution in [0, 0.1) is 0 Å². The largest absolute Gasteiger partial charge is 0.480 e. The first-order chi connectivity index (χ1) is 16.4. The molecule has 1 fully saturated rings. The van der Waals surface area contributed by atoms with E-state index in [-0.39, 0.29) is 12.2 Å². The van der Waals surface area contributed by atoms with E-state index in [1.54, 1.807) is 6.26 Å². The molecule has 0 radical (unpaired) electrons. The number of amides is 5. The lowest BCUT2D eigenvalue weighted by molar-refractivity contribution is -0.138. The molecule has 0 aromatic carbocycles. The Balaban J connectivity index is 3.36. The first-order valence-electron chi connectivity index (χ1n) is 10.6. The van der Waals surface area contributed by atoms with E-state index in [1.165, 1.54) is 18.7 Å². The summed E-state index contributed by atoms with van der Waals surface area (Å²) >= 11 is 2.23. The summed E-state index contributed by atoms with van der Waals surface area (Å²) < 4.78 is 0. The first-order valence-corrected chi connectivity index (χ1v) is 13.0. The van der Waals surface area contributed by atoms with Crippen LogP contribution in [-0.4, -0.2) is 106 Å². The molecule has 5 amide bonds. The van der Waals surface area contributed by atoms with Crippen molar-refractivity contribution < 1.29 is 39.0 Å². The van der Waals surface area contributed by atoms with Crippen LogP contribution in [0.1, 0.15) is 19.8 Å². The maximum Gasteiger partial charge on any atom is 0.318 e. The van der Waals surface area contributed by atoms with E-state index in [2.05, 4.69) is 21.3 Å². The number of nitrogens with one attached hydrogen (secondary N) is 4. The van der Waals surface area contributed by atoms with Crippen LogP contribution in [-0.2, 0) is 28.8 Å². The van der Waals surface area contributed by atoms with Crippen molar-refractivity contribution in [2.45, 2.75) is 55.2 Å². The maximum absolute atomic E-state index is 13.0. The monoisotopic (exact) mass is 536 g/mol. The summed E-state index contributed by atoms with van der Waals surface area (Å²) in [5.74, 6) is -5.25. The van der Waals surface area contributed by atoms with Gasteiger partial charge >= 0.3 is 5.97 Å². The van der Waals surface area contributed by atoms with Crippen molar-refractivity contribution in [1.82, 2.24) is 21.3 Å². The molecule has 0 spiro atoms.